The van der Waals surface area contributed by atoms with Gasteiger partial charge in [-0.05, 0) is 54.6 Å². The van der Waals surface area contributed by atoms with E-state index in [0.29, 0.717) is 10.7 Å². The topological polar surface area (TPSA) is 66.5 Å². The van der Waals surface area contributed by atoms with E-state index in [1.807, 2.05) is 0 Å². The molecule has 0 unspecified atom stereocenters. The normalized spacial score (nSPS) is 11.1. The third-order valence-corrected chi connectivity index (χ3v) is 6.77. The number of nitrogens with zero attached hydrogens (tertiary/aromatic N) is 1. The second-order valence-corrected chi connectivity index (χ2v) is 9.60. The van der Waals surface area contributed by atoms with Crippen molar-refractivity contribution in [1.82, 2.24) is 0 Å². The molecule has 0 saturated heterocycles. The van der Waals surface area contributed by atoms with E-state index < -0.39 is 22.5 Å². The van der Waals surface area contributed by atoms with Crippen LogP contribution in [0, 0.1) is 0 Å². The molecule has 3 rings (SSSR count). The molecular weight excluding hydrogens is 499 g/mol. The second-order valence-electron chi connectivity index (χ2n) is 5.98. The van der Waals surface area contributed by atoms with E-state index in [-0.39, 0.29) is 15.6 Å². The number of halogens is 3. The van der Waals surface area contributed by atoms with Crippen molar-refractivity contribution >= 4 is 66.4 Å². The van der Waals surface area contributed by atoms with Gasteiger partial charge in [0, 0.05) is 15.2 Å². The Bertz CT molecular complexity index is 1120. The van der Waals surface area contributed by atoms with Gasteiger partial charge in [-0.15, -0.1) is 0 Å². The fourth-order valence-corrected chi connectivity index (χ4v) is 4.85. The van der Waals surface area contributed by atoms with Crippen LogP contribution in [-0.4, -0.2) is 20.9 Å². The van der Waals surface area contributed by atoms with Crippen molar-refractivity contribution in [2.75, 3.05) is 16.2 Å². The Labute approximate surface area is 187 Å². The number of sulfonamides is 1. The maximum absolute atomic E-state index is 13.3. The molecule has 3 aromatic rings. The minimum Gasteiger partial charge on any atom is -0.325 e. The molecule has 3 aromatic carbocycles. The SMILES string of the molecule is O=C(CN(c1ccc(Cl)cc1Cl)S(=O)(=O)c1ccccc1)Nc1ccc(Br)cc1. The lowest BCUT2D eigenvalue weighted by Crippen LogP contribution is -2.38. The number of benzene rings is 3. The summed E-state index contributed by atoms with van der Waals surface area (Å²) >= 11 is 15.5. The minimum absolute atomic E-state index is 0.0439. The highest BCUT2D eigenvalue weighted by atomic mass is 79.9. The Kier molecular flexibility index (Phi) is 6.85. The summed E-state index contributed by atoms with van der Waals surface area (Å²) in [6, 6.07) is 19.2. The van der Waals surface area contributed by atoms with Gasteiger partial charge in [-0.3, -0.25) is 9.10 Å². The number of anilines is 2. The average molecular weight is 514 g/mol. The van der Waals surface area contributed by atoms with Gasteiger partial charge in [0.2, 0.25) is 5.91 Å². The maximum atomic E-state index is 13.3. The van der Waals surface area contributed by atoms with Crippen LogP contribution < -0.4 is 9.62 Å². The van der Waals surface area contributed by atoms with Crippen molar-refractivity contribution in [3.05, 3.63) is 87.3 Å². The van der Waals surface area contributed by atoms with E-state index in [1.165, 1.54) is 30.3 Å². The third kappa shape index (κ3) is 5.30. The van der Waals surface area contributed by atoms with Gasteiger partial charge in [0.05, 0.1) is 15.6 Å². The van der Waals surface area contributed by atoms with Crippen LogP contribution in [-0.2, 0) is 14.8 Å². The highest BCUT2D eigenvalue weighted by molar-refractivity contribution is 9.10. The molecule has 0 aliphatic carbocycles. The third-order valence-electron chi connectivity index (χ3n) is 3.92. The van der Waals surface area contributed by atoms with Crippen LogP contribution in [0.5, 0.6) is 0 Å². The molecule has 0 saturated carbocycles. The summed E-state index contributed by atoms with van der Waals surface area (Å²) in [5.74, 6) is -0.516. The number of hydrogen-bond acceptors (Lipinski definition) is 3. The molecule has 5 nitrogen and oxygen atoms in total. The fraction of sp³-hybridized carbons (Fsp3) is 0.0500. The molecule has 0 fully saturated rings. The Morgan fingerprint density at radius 3 is 2.24 bits per heavy atom. The summed E-state index contributed by atoms with van der Waals surface area (Å²) in [6.07, 6.45) is 0. The average Bonchev–Trinajstić information content (AvgIpc) is 2.69. The summed E-state index contributed by atoms with van der Waals surface area (Å²) in [7, 11) is -4.05. The quantitative estimate of drug-likeness (QED) is 0.467. The molecule has 1 N–H and O–H groups in total. The lowest BCUT2D eigenvalue weighted by Gasteiger charge is -2.25. The largest absolute Gasteiger partial charge is 0.325 e. The molecule has 9 heteroatoms. The monoisotopic (exact) mass is 512 g/mol. The fourth-order valence-electron chi connectivity index (χ4n) is 2.57. The molecule has 0 atom stereocenters. The highest BCUT2D eigenvalue weighted by Crippen LogP contribution is 2.32. The molecule has 0 aromatic heterocycles. The van der Waals surface area contributed by atoms with Gasteiger partial charge in [-0.1, -0.05) is 57.3 Å². The number of amides is 1. The van der Waals surface area contributed by atoms with Crippen LogP contribution in [0.2, 0.25) is 10.0 Å². The van der Waals surface area contributed by atoms with Gasteiger partial charge in [-0.25, -0.2) is 8.42 Å². The first-order chi connectivity index (χ1) is 13.8. The number of carbonyl (C=O) groups is 1. The lowest BCUT2D eigenvalue weighted by atomic mass is 10.3. The number of carbonyl (C=O) groups excluding carboxylic acids is 1. The van der Waals surface area contributed by atoms with Gasteiger partial charge in [0.1, 0.15) is 6.54 Å². The molecule has 0 radical (unpaired) electrons. The zero-order valence-corrected chi connectivity index (χ0v) is 18.8. The van der Waals surface area contributed by atoms with Crippen LogP contribution in [0.15, 0.2) is 82.2 Å². The smallest absolute Gasteiger partial charge is 0.264 e. The molecule has 0 bridgehead atoms. The molecule has 0 heterocycles. The molecule has 1 amide bonds. The van der Waals surface area contributed by atoms with Gasteiger partial charge in [0.15, 0.2) is 0 Å². The molecule has 0 spiro atoms. The molecule has 0 aliphatic rings. The van der Waals surface area contributed by atoms with Crippen molar-refractivity contribution in [3.63, 3.8) is 0 Å². The molecule has 150 valence electrons. The van der Waals surface area contributed by atoms with Crippen molar-refractivity contribution in [1.29, 1.82) is 0 Å². The van der Waals surface area contributed by atoms with E-state index in [4.69, 9.17) is 23.2 Å². The number of nitrogens with one attached hydrogen (secondary N) is 1. The van der Waals surface area contributed by atoms with E-state index in [2.05, 4.69) is 21.2 Å². The van der Waals surface area contributed by atoms with Gasteiger partial charge >= 0.3 is 0 Å². The van der Waals surface area contributed by atoms with Crippen molar-refractivity contribution in [2.24, 2.45) is 0 Å². The zero-order chi connectivity index (χ0) is 21.0. The first-order valence-corrected chi connectivity index (χ1v) is 11.3. The predicted octanol–water partition coefficient (Wildman–Crippen LogP) is 5.59. The zero-order valence-electron chi connectivity index (χ0n) is 14.8. The van der Waals surface area contributed by atoms with Crippen molar-refractivity contribution in [3.8, 4) is 0 Å². The standard InChI is InChI=1S/C20H15BrCl2N2O3S/c21-14-6-9-16(10-7-14)24-20(26)13-25(19-11-8-15(22)12-18(19)23)29(27,28)17-4-2-1-3-5-17/h1-12H,13H2,(H,24,26). The van der Waals surface area contributed by atoms with Crippen molar-refractivity contribution < 1.29 is 13.2 Å². The van der Waals surface area contributed by atoms with Gasteiger partial charge < -0.3 is 5.32 Å². The van der Waals surface area contributed by atoms with Gasteiger partial charge in [-0.2, -0.15) is 0 Å². The van der Waals surface area contributed by atoms with Crippen LogP contribution in [0.4, 0.5) is 11.4 Å². The highest BCUT2D eigenvalue weighted by Gasteiger charge is 2.28. The first-order valence-electron chi connectivity index (χ1n) is 8.35. The minimum atomic E-state index is -4.05. The van der Waals surface area contributed by atoms with Crippen LogP contribution in [0.25, 0.3) is 0 Å². The summed E-state index contributed by atoms with van der Waals surface area (Å²) in [4.78, 5) is 12.7. The summed E-state index contributed by atoms with van der Waals surface area (Å²) < 4.78 is 28.3. The van der Waals surface area contributed by atoms with Gasteiger partial charge in [0.25, 0.3) is 10.0 Å². The Morgan fingerprint density at radius 1 is 0.966 bits per heavy atom. The summed E-state index contributed by atoms with van der Waals surface area (Å²) in [5, 5.41) is 3.16. The number of hydrogen-bond donors (Lipinski definition) is 1. The molecule has 0 aliphatic heterocycles. The Morgan fingerprint density at radius 2 is 1.62 bits per heavy atom. The Hall–Kier alpha value is -2.06. The maximum Gasteiger partial charge on any atom is 0.264 e. The predicted molar refractivity (Wildman–Crippen MR) is 120 cm³/mol. The number of rotatable bonds is 6. The van der Waals surface area contributed by atoms with E-state index in [0.717, 1.165) is 8.78 Å². The van der Waals surface area contributed by atoms with E-state index in [9.17, 15) is 13.2 Å². The first kappa shape index (κ1) is 21.6. The summed E-state index contributed by atoms with van der Waals surface area (Å²) in [6.45, 7) is -0.464. The summed E-state index contributed by atoms with van der Waals surface area (Å²) in [5.41, 5.74) is 0.698. The van der Waals surface area contributed by atoms with Crippen LogP contribution >= 0.6 is 39.1 Å². The van der Waals surface area contributed by atoms with E-state index >= 15 is 0 Å². The molecular formula is C20H15BrCl2N2O3S. The van der Waals surface area contributed by atoms with Crippen LogP contribution in [0.3, 0.4) is 0 Å². The van der Waals surface area contributed by atoms with Crippen LogP contribution in [0.1, 0.15) is 0 Å². The molecule has 29 heavy (non-hydrogen) atoms. The second kappa shape index (κ2) is 9.17. The van der Waals surface area contributed by atoms with Crippen molar-refractivity contribution in [2.45, 2.75) is 4.90 Å². The Balaban J connectivity index is 1.96. The lowest BCUT2D eigenvalue weighted by molar-refractivity contribution is -0.114. The van der Waals surface area contributed by atoms with E-state index in [1.54, 1.807) is 42.5 Å².